The highest BCUT2D eigenvalue weighted by Crippen LogP contribution is 1.76. The molecule has 15 heteroatoms. The van der Waals surface area contributed by atoms with E-state index in [4.69, 9.17) is 30.6 Å². The highest BCUT2D eigenvalue weighted by atomic mass is 16.4. The Morgan fingerprint density at radius 3 is 0.818 bits per heavy atom. The van der Waals surface area contributed by atoms with Crippen LogP contribution in [-0.4, -0.2) is 82.1 Å². The fraction of sp³-hybridized carbons (Fsp3) is 0.333. The van der Waals surface area contributed by atoms with Crippen LogP contribution in [0.5, 0.6) is 0 Å². The summed E-state index contributed by atoms with van der Waals surface area (Å²) in [6.07, 6.45) is 2.50. The number of hydrogen-bond acceptors (Lipinski definition) is 9. The molecule has 0 spiro atoms. The zero-order valence-corrected chi connectivity index (χ0v) is 17.6. The highest BCUT2D eigenvalue weighted by molar-refractivity contribution is 5.79. The maximum atomic E-state index is 11.8. The van der Waals surface area contributed by atoms with Crippen molar-refractivity contribution in [2.24, 2.45) is 0 Å². The van der Waals surface area contributed by atoms with Crippen molar-refractivity contribution >= 4 is 17.9 Å². The molecule has 0 radical (unpaired) electrons. The van der Waals surface area contributed by atoms with E-state index in [1.165, 1.54) is 0 Å². The predicted octanol–water partition coefficient (Wildman–Crippen LogP) is -3.08. The summed E-state index contributed by atoms with van der Waals surface area (Å²) < 4.78 is 2.06. The number of aliphatic hydroxyl groups is 3. The molecular weight excluding hydrogens is 450 g/mol. The van der Waals surface area contributed by atoms with Crippen LogP contribution in [-0.2, 0) is 34.0 Å². The van der Waals surface area contributed by atoms with E-state index in [1.54, 1.807) is 0 Å². The molecule has 15 nitrogen and oxygen atoms in total. The molecule has 0 unspecified atom stereocenters. The van der Waals surface area contributed by atoms with E-state index < -0.39 is 54.8 Å². The molecule has 0 amide bonds. The summed E-state index contributed by atoms with van der Waals surface area (Å²) in [4.78, 5) is 63.1. The van der Waals surface area contributed by atoms with Crippen LogP contribution in [0.25, 0.3) is 0 Å². The highest BCUT2D eigenvalue weighted by Gasteiger charge is 2.14. The molecule has 0 aromatic carbocycles. The lowest BCUT2D eigenvalue weighted by atomic mass is 10.6. The van der Waals surface area contributed by atoms with Gasteiger partial charge in [0.15, 0.2) is 0 Å². The van der Waals surface area contributed by atoms with Crippen molar-refractivity contribution in [2.45, 2.75) is 19.6 Å². The van der Waals surface area contributed by atoms with Crippen molar-refractivity contribution in [3.8, 4) is 0 Å². The van der Waals surface area contributed by atoms with Crippen molar-refractivity contribution in [1.82, 2.24) is 13.7 Å². The molecule has 0 aliphatic carbocycles. The molecular formula is C18H27N3O12. The molecule has 0 bridgehead atoms. The van der Waals surface area contributed by atoms with Gasteiger partial charge in [-0.15, -0.1) is 0 Å². The molecule has 0 atom stereocenters. The number of aromatic nitrogens is 3. The Morgan fingerprint density at radius 2 is 0.727 bits per heavy atom. The summed E-state index contributed by atoms with van der Waals surface area (Å²) in [5.74, 6) is -2.94. The number of hydrogen-bond donors (Lipinski definition) is 6. The number of nitrogens with zero attached hydrogens (tertiary/aromatic N) is 3. The molecule has 0 saturated carbocycles. The third kappa shape index (κ3) is 15.4. The van der Waals surface area contributed by atoms with Gasteiger partial charge in [-0.2, -0.15) is 0 Å². The zero-order valence-electron chi connectivity index (χ0n) is 17.6. The van der Waals surface area contributed by atoms with E-state index in [2.05, 4.69) is 19.7 Å². The van der Waals surface area contributed by atoms with Crippen LogP contribution < -0.4 is 17.1 Å². The minimum absolute atomic E-state index is 0.255. The Labute approximate surface area is 186 Å². The van der Waals surface area contributed by atoms with Gasteiger partial charge in [0, 0.05) is 18.2 Å². The summed E-state index contributed by atoms with van der Waals surface area (Å²) in [5, 5.41) is 49.2. The number of carboxylic acid groups (broad SMARTS) is 3. The molecule has 6 N–H and O–H groups in total. The van der Waals surface area contributed by atoms with Crippen molar-refractivity contribution in [3.63, 3.8) is 0 Å². The summed E-state index contributed by atoms with van der Waals surface area (Å²) in [5.41, 5.74) is -2.66. The maximum absolute atomic E-state index is 11.8. The maximum Gasteiger partial charge on any atom is 0.336 e. The summed E-state index contributed by atoms with van der Waals surface area (Å²) >= 11 is 0. The van der Waals surface area contributed by atoms with Crippen LogP contribution >= 0.6 is 0 Å². The van der Waals surface area contributed by atoms with Gasteiger partial charge < -0.3 is 30.6 Å². The first-order valence-corrected chi connectivity index (χ1v) is 8.73. The Kier molecular flexibility index (Phi) is 20.2. The van der Waals surface area contributed by atoms with E-state index in [-0.39, 0.29) is 19.6 Å². The van der Waals surface area contributed by atoms with Crippen LogP contribution in [0.2, 0.25) is 0 Å². The normalized spacial score (nSPS) is 8.82. The lowest BCUT2D eigenvalue weighted by Gasteiger charge is -2.11. The van der Waals surface area contributed by atoms with Gasteiger partial charge >= 0.3 is 35.0 Å². The largest absolute Gasteiger partial charge is 0.478 e. The van der Waals surface area contributed by atoms with Crippen molar-refractivity contribution in [2.75, 3.05) is 19.8 Å². The molecule has 1 rings (SSSR count). The van der Waals surface area contributed by atoms with Gasteiger partial charge in [-0.3, -0.25) is 0 Å². The second-order valence-electron chi connectivity index (χ2n) is 5.10. The van der Waals surface area contributed by atoms with Crippen molar-refractivity contribution in [3.05, 3.63) is 69.4 Å². The topological polar surface area (TPSA) is 239 Å². The number of carboxylic acids is 3. The molecule has 1 aromatic heterocycles. The standard InChI is InChI=1S/C9H15N3O6.3C3H4O2/c13-4-1-10-7(16)11(2-5-14)9(18)12(3-6-15)8(10)17;3*1-2-3(4)5/h13-15H,1-6H2;3*2H,1H2,(H,4,5). The molecule has 0 aliphatic rings. The number of rotatable bonds is 9. The van der Waals surface area contributed by atoms with E-state index in [1.807, 2.05) is 0 Å². The molecule has 0 saturated heterocycles. The van der Waals surface area contributed by atoms with Crippen LogP contribution in [0, 0.1) is 0 Å². The second-order valence-corrected chi connectivity index (χ2v) is 5.10. The predicted molar refractivity (Wildman–Crippen MR) is 114 cm³/mol. The second kappa shape index (κ2) is 19.9. The first kappa shape index (κ1) is 33.6. The van der Waals surface area contributed by atoms with Gasteiger partial charge in [-0.05, 0) is 0 Å². The summed E-state index contributed by atoms with van der Waals surface area (Å²) in [6.45, 7) is 6.80. The summed E-state index contributed by atoms with van der Waals surface area (Å²) in [6, 6.07) is 0. The van der Waals surface area contributed by atoms with E-state index in [0.717, 1.165) is 18.2 Å². The number of aliphatic carboxylic acids is 3. The number of aliphatic hydroxyl groups excluding tert-OH is 3. The van der Waals surface area contributed by atoms with E-state index in [0.29, 0.717) is 13.7 Å². The van der Waals surface area contributed by atoms with Gasteiger partial charge in [-0.25, -0.2) is 42.5 Å². The smallest absolute Gasteiger partial charge is 0.336 e. The Morgan fingerprint density at radius 1 is 0.576 bits per heavy atom. The number of carbonyl (C=O) groups is 3. The SMILES string of the molecule is C=CC(=O)O.C=CC(=O)O.C=CC(=O)O.O=c1n(CCO)c(=O)n(CCO)c(=O)n1CCO. The minimum atomic E-state index is -0.981. The Bertz CT molecular complexity index is 817. The van der Waals surface area contributed by atoms with Gasteiger partial charge in [0.1, 0.15) is 0 Å². The minimum Gasteiger partial charge on any atom is -0.478 e. The summed E-state index contributed by atoms with van der Waals surface area (Å²) in [7, 11) is 0. The van der Waals surface area contributed by atoms with Gasteiger partial charge in [0.2, 0.25) is 0 Å². The first-order valence-electron chi connectivity index (χ1n) is 8.73. The fourth-order valence-corrected chi connectivity index (χ4v) is 1.56. The lowest BCUT2D eigenvalue weighted by Crippen LogP contribution is -2.55. The third-order valence-electron chi connectivity index (χ3n) is 2.88. The molecule has 33 heavy (non-hydrogen) atoms. The molecule has 0 aliphatic heterocycles. The van der Waals surface area contributed by atoms with Crippen LogP contribution in [0.3, 0.4) is 0 Å². The van der Waals surface area contributed by atoms with Crippen molar-refractivity contribution < 1.29 is 45.0 Å². The van der Waals surface area contributed by atoms with Crippen LogP contribution in [0.4, 0.5) is 0 Å². The average molecular weight is 477 g/mol. The fourth-order valence-electron chi connectivity index (χ4n) is 1.56. The quantitative estimate of drug-likeness (QED) is 0.194. The molecule has 186 valence electrons. The third-order valence-corrected chi connectivity index (χ3v) is 2.88. The van der Waals surface area contributed by atoms with Crippen molar-refractivity contribution in [1.29, 1.82) is 0 Å². The Hall–Kier alpha value is -4.08. The van der Waals surface area contributed by atoms with Gasteiger partial charge in [0.25, 0.3) is 0 Å². The van der Waals surface area contributed by atoms with E-state index in [9.17, 15) is 28.8 Å². The average Bonchev–Trinajstić information content (AvgIpc) is 2.78. The van der Waals surface area contributed by atoms with Crippen LogP contribution in [0.1, 0.15) is 0 Å². The Balaban J connectivity index is -0.000000489. The van der Waals surface area contributed by atoms with Gasteiger partial charge in [0.05, 0.1) is 39.5 Å². The first-order chi connectivity index (χ1) is 15.4. The van der Waals surface area contributed by atoms with E-state index >= 15 is 0 Å². The monoisotopic (exact) mass is 477 g/mol. The van der Waals surface area contributed by atoms with Crippen LogP contribution in [0.15, 0.2) is 52.3 Å². The lowest BCUT2D eigenvalue weighted by molar-refractivity contribution is -0.132. The molecule has 0 fully saturated rings. The zero-order chi connectivity index (χ0) is 26.6. The van der Waals surface area contributed by atoms with Gasteiger partial charge in [-0.1, -0.05) is 19.7 Å². The molecule has 1 heterocycles. The molecule has 1 aromatic rings.